The Hall–Kier alpha value is -3.67. The van der Waals surface area contributed by atoms with Crippen molar-refractivity contribution in [3.8, 4) is 11.3 Å². The zero-order valence-corrected chi connectivity index (χ0v) is 15.0. The number of pyridine rings is 1. The number of rotatable bonds is 3. The van der Waals surface area contributed by atoms with E-state index in [9.17, 15) is 0 Å². The third-order valence-corrected chi connectivity index (χ3v) is 5.58. The summed E-state index contributed by atoms with van der Waals surface area (Å²) in [4.78, 5) is 8.69. The highest BCUT2D eigenvalue weighted by Crippen LogP contribution is 2.53. The fourth-order valence-electron chi connectivity index (χ4n) is 3.88. The molecule has 0 atom stereocenters. The van der Waals surface area contributed by atoms with Crippen molar-refractivity contribution in [3.05, 3.63) is 84.6 Å². The van der Waals surface area contributed by atoms with E-state index in [1.165, 1.54) is 10.9 Å². The van der Waals surface area contributed by atoms with Gasteiger partial charge in [0.2, 0.25) is 0 Å². The molecule has 134 valence electrons. The predicted molar refractivity (Wildman–Crippen MR) is 106 cm³/mol. The Labute approximate surface area is 160 Å². The van der Waals surface area contributed by atoms with Crippen molar-refractivity contribution in [2.75, 3.05) is 0 Å². The van der Waals surface area contributed by atoms with E-state index in [1.54, 1.807) is 6.20 Å². The maximum absolute atomic E-state index is 4.82. The van der Waals surface area contributed by atoms with Crippen molar-refractivity contribution in [1.29, 1.82) is 0 Å². The quantitative estimate of drug-likeness (QED) is 0.487. The Morgan fingerprint density at radius 1 is 0.857 bits per heavy atom. The van der Waals surface area contributed by atoms with E-state index in [0.717, 1.165) is 35.3 Å². The van der Waals surface area contributed by atoms with Gasteiger partial charge in [-0.15, -0.1) is 10.2 Å². The summed E-state index contributed by atoms with van der Waals surface area (Å²) in [6, 6.07) is 18.6. The highest BCUT2D eigenvalue weighted by Gasteiger charge is 2.50. The number of benzene rings is 2. The molecule has 28 heavy (non-hydrogen) atoms. The van der Waals surface area contributed by atoms with Crippen LogP contribution in [0.5, 0.6) is 0 Å². The Morgan fingerprint density at radius 3 is 2.61 bits per heavy atom. The molecule has 1 aliphatic carbocycles. The van der Waals surface area contributed by atoms with Gasteiger partial charge in [-0.05, 0) is 29.9 Å². The number of hydrogen-bond donors (Lipinski definition) is 0. The standard InChI is InChI=1S/C22H16N6/c1-2-4-15(5-3-1)19-14-24-21-26-25-20(28(21)27-19)22(9-10-22)18-7-6-17-13-23-11-8-16(17)12-18/h1-8,11-14H,9-10H2. The summed E-state index contributed by atoms with van der Waals surface area (Å²) in [6.07, 6.45) is 7.54. The van der Waals surface area contributed by atoms with E-state index in [1.807, 2.05) is 53.3 Å². The zero-order valence-electron chi connectivity index (χ0n) is 15.0. The molecule has 3 heterocycles. The molecule has 1 fully saturated rings. The maximum Gasteiger partial charge on any atom is 0.271 e. The van der Waals surface area contributed by atoms with Crippen LogP contribution >= 0.6 is 0 Å². The lowest BCUT2D eigenvalue weighted by atomic mass is 9.93. The van der Waals surface area contributed by atoms with E-state index < -0.39 is 0 Å². The van der Waals surface area contributed by atoms with E-state index in [4.69, 9.17) is 5.10 Å². The summed E-state index contributed by atoms with van der Waals surface area (Å²) in [5, 5.41) is 15.9. The maximum atomic E-state index is 4.82. The van der Waals surface area contributed by atoms with Gasteiger partial charge in [-0.25, -0.2) is 4.98 Å². The minimum atomic E-state index is -0.152. The molecule has 0 spiro atoms. The van der Waals surface area contributed by atoms with Gasteiger partial charge in [-0.3, -0.25) is 4.98 Å². The van der Waals surface area contributed by atoms with Gasteiger partial charge in [0.15, 0.2) is 5.82 Å². The Bertz CT molecular complexity index is 1320. The molecule has 3 aromatic heterocycles. The van der Waals surface area contributed by atoms with Gasteiger partial charge in [0.1, 0.15) is 5.69 Å². The minimum Gasteiger partial charge on any atom is -0.264 e. The van der Waals surface area contributed by atoms with Gasteiger partial charge in [-0.1, -0.05) is 48.5 Å². The molecular formula is C22H16N6. The summed E-state index contributed by atoms with van der Waals surface area (Å²) < 4.78 is 1.81. The van der Waals surface area contributed by atoms with Gasteiger partial charge in [-0.2, -0.15) is 9.61 Å². The number of nitrogens with zero attached hydrogens (tertiary/aromatic N) is 6. The van der Waals surface area contributed by atoms with Crippen LogP contribution in [0.25, 0.3) is 27.8 Å². The van der Waals surface area contributed by atoms with Crippen LogP contribution in [-0.2, 0) is 5.41 Å². The first kappa shape index (κ1) is 15.4. The van der Waals surface area contributed by atoms with Crippen LogP contribution in [0, 0.1) is 0 Å². The fraction of sp³-hybridized carbons (Fsp3) is 0.136. The number of aromatic nitrogens is 6. The normalized spacial score (nSPS) is 15.1. The van der Waals surface area contributed by atoms with Crippen molar-refractivity contribution in [2.24, 2.45) is 0 Å². The van der Waals surface area contributed by atoms with Gasteiger partial charge in [0.05, 0.1) is 11.6 Å². The van der Waals surface area contributed by atoms with Crippen LogP contribution in [0.4, 0.5) is 0 Å². The largest absolute Gasteiger partial charge is 0.271 e. The van der Waals surface area contributed by atoms with Crippen molar-refractivity contribution >= 4 is 16.6 Å². The highest BCUT2D eigenvalue weighted by atomic mass is 15.4. The van der Waals surface area contributed by atoms with Gasteiger partial charge >= 0.3 is 0 Å². The molecular weight excluding hydrogens is 348 g/mol. The number of hydrogen-bond acceptors (Lipinski definition) is 5. The second-order valence-electron chi connectivity index (χ2n) is 7.26. The highest BCUT2D eigenvalue weighted by molar-refractivity contribution is 5.82. The number of fused-ring (bicyclic) bond motifs is 2. The summed E-state index contributed by atoms with van der Waals surface area (Å²) in [6.45, 7) is 0. The van der Waals surface area contributed by atoms with E-state index in [-0.39, 0.29) is 5.41 Å². The van der Waals surface area contributed by atoms with Crippen LogP contribution in [0.15, 0.2) is 73.2 Å². The molecule has 2 aromatic carbocycles. The average molecular weight is 364 g/mol. The Kier molecular flexibility index (Phi) is 3.11. The van der Waals surface area contributed by atoms with E-state index in [0.29, 0.717) is 5.78 Å². The monoisotopic (exact) mass is 364 g/mol. The molecule has 5 aromatic rings. The second-order valence-corrected chi connectivity index (χ2v) is 7.26. The molecule has 0 unspecified atom stereocenters. The molecule has 1 aliphatic rings. The average Bonchev–Trinajstić information content (AvgIpc) is 3.46. The third-order valence-electron chi connectivity index (χ3n) is 5.58. The van der Waals surface area contributed by atoms with Crippen LogP contribution in [0.3, 0.4) is 0 Å². The van der Waals surface area contributed by atoms with Gasteiger partial charge in [0, 0.05) is 23.3 Å². The molecule has 6 heteroatoms. The molecule has 0 N–H and O–H groups in total. The molecule has 6 rings (SSSR count). The molecule has 0 radical (unpaired) electrons. The van der Waals surface area contributed by atoms with Crippen LogP contribution in [-0.4, -0.2) is 29.8 Å². The molecule has 6 nitrogen and oxygen atoms in total. The first-order chi connectivity index (χ1) is 13.8. The summed E-state index contributed by atoms with van der Waals surface area (Å²) in [5.74, 6) is 1.40. The van der Waals surface area contributed by atoms with E-state index >= 15 is 0 Å². The molecule has 0 saturated heterocycles. The van der Waals surface area contributed by atoms with Crippen LogP contribution in [0.2, 0.25) is 0 Å². The Balaban J connectivity index is 1.51. The summed E-state index contributed by atoms with van der Waals surface area (Å²) in [5.41, 5.74) is 2.93. The van der Waals surface area contributed by atoms with Crippen molar-refractivity contribution in [1.82, 2.24) is 29.8 Å². The van der Waals surface area contributed by atoms with Crippen molar-refractivity contribution < 1.29 is 0 Å². The van der Waals surface area contributed by atoms with Gasteiger partial charge < -0.3 is 0 Å². The van der Waals surface area contributed by atoms with E-state index in [2.05, 4.69) is 38.4 Å². The van der Waals surface area contributed by atoms with Gasteiger partial charge in [0.25, 0.3) is 5.78 Å². The second kappa shape index (κ2) is 5.66. The van der Waals surface area contributed by atoms with Crippen molar-refractivity contribution in [3.63, 3.8) is 0 Å². The zero-order chi connectivity index (χ0) is 18.6. The summed E-state index contributed by atoms with van der Waals surface area (Å²) >= 11 is 0. The smallest absolute Gasteiger partial charge is 0.264 e. The summed E-state index contributed by atoms with van der Waals surface area (Å²) in [7, 11) is 0. The first-order valence-electron chi connectivity index (χ1n) is 9.32. The molecule has 0 amide bonds. The van der Waals surface area contributed by atoms with Crippen molar-refractivity contribution in [2.45, 2.75) is 18.3 Å². The third kappa shape index (κ3) is 2.24. The molecule has 0 bridgehead atoms. The fourth-order valence-corrected chi connectivity index (χ4v) is 3.88. The minimum absolute atomic E-state index is 0.152. The van der Waals surface area contributed by atoms with Crippen LogP contribution in [0.1, 0.15) is 24.2 Å². The predicted octanol–water partition coefficient (Wildman–Crippen LogP) is 3.81. The molecule has 1 saturated carbocycles. The first-order valence-corrected chi connectivity index (χ1v) is 9.32. The topological polar surface area (TPSA) is 68.9 Å². The SMILES string of the molecule is c1ccc(-c2cnc3nnc(C4(c5ccc6cnccc6c5)CC4)n3n2)cc1. The lowest BCUT2D eigenvalue weighted by molar-refractivity contribution is 0.703. The lowest BCUT2D eigenvalue weighted by Gasteiger charge is -2.14. The Morgan fingerprint density at radius 2 is 1.75 bits per heavy atom. The lowest BCUT2D eigenvalue weighted by Crippen LogP contribution is -2.15. The molecule has 0 aliphatic heterocycles. The van der Waals surface area contributed by atoms with Crippen LogP contribution < -0.4 is 0 Å².